The number of benzene rings is 1. The van der Waals surface area contributed by atoms with Crippen LogP contribution < -0.4 is 14.8 Å². The SMILES string of the molecule is COc1ccc([C@@H]2CC(=O)C3=C(C2)NC(C)=C(C(=O)OC(C)C)[C@@H]3c2ccc(C)o2)cc1OC. The summed E-state index contributed by atoms with van der Waals surface area (Å²) in [6.45, 7) is 7.30. The van der Waals surface area contributed by atoms with Crippen molar-refractivity contribution >= 4 is 11.8 Å². The molecule has 180 valence electrons. The first-order valence-corrected chi connectivity index (χ1v) is 11.5. The zero-order valence-corrected chi connectivity index (χ0v) is 20.5. The van der Waals surface area contributed by atoms with Crippen LogP contribution in [0.2, 0.25) is 0 Å². The van der Waals surface area contributed by atoms with E-state index in [9.17, 15) is 9.59 Å². The molecule has 1 aliphatic heterocycles. The second-order valence-corrected chi connectivity index (χ2v) is 9.03. The molecule has 2 atom stereocenters. The van der Waals surface area contributed by atoms with E-state index < -0.39 is 11.9 Å². The van der Waals surface area contributed by atoms with Crippen LogP contribution in [0.1, 0.15) is 62.5 Å². The van der Waals surface area contributed by atoms with Gasteiger partial charge in [-0.3, -0.25) is 4.79 Å². The number of allylic oxidation sites excluding steroid dienone is 3. The lowest BCUT2D eigenvalue weighted by Crippen LogP contribution is -2.36. The van der Waals surface area contributed by atoms with Crippen molar-refractivity contribution in [2.45, 2.75) is 58.5 Å². The van der Waals surface area contributed by atoms with E-state index in [0.29, 0.717) is 46.9 Å². The number of hydrogen-bond donors (Lipinski definition) is 1. The molecule has 2 aromatic rings. The lowest BCUT2D eigenvalue weighted by molar-refractivity contribution is -0.143. The van der Waals surface area contributed by atoms with E-state index in [2.05, 4.69) is 5.32 Å². The lowest BCUT2D eigenvalue weighted by Gasteiger charge is -2.36. The second kappa shape index (κ2) is 9.41. The topological polar surface area (TPSA) is 87.0 Å². The molecule has 0 amide bonds. The normalized spacial score (nSPS) is 20.3. The van der Waals surface area contributed by atoms with Gasteiger partial charge in [0.1, 0.15) is 11.5 Å². The highest BCUT2D eigenvalue weighted by Crippen LogP contribution is 2.46. The summed E-state index contributed by atoms with van der Waals surface area (Å²) in [6.07, 6.45) is 0.660. The van der Waals surface area contributed by atoms with Crippen molar-refractivity contribution in [3.63, 3.8) is 0 Å². The van der Waals surface area contributed by atoms with Crippen LogP contribution in [0.4, 0.5) is 0 Å². The number of dihydropyridines is 1. The number of rotatable bonds is 6. The summed E-state index contributed by atoms with van der Waals surface area (Å²) in [5.74, 6) is 1.46. The fourth-order valence-electron chi connectivity index (χ4n) is 4.82. The van der Waals surface area contributed by atoms with Crippen molar-refractivity contribution in [3.05, 3.63) is 70.0 Å². The number of esters is 1. The van der Waals surface area contributed by atoms with Crippen molar-refractivity contribution in [2.75, 3.05) is 14.2 Å². The number of hydrogen-bond acceptors (Lipinski definition) is 7. The molecule has 0 radical (unpaired) electrons. The number of ketones is 1. The number of nitrogens with one attached hydrogen (secondary N) is 1. The highest BCUT2D eigenvalue weighted by molar-refractivity contribution is 6.04. The Morgan fingerprint density at radius 3 is 2.41 bits per heavy atom. The van der Waals surface area contributed by atoms with Gasteiger partial charge in [0.2, 0.25) is 0 Å². The summed E-state index contributed by atoms with van der Waals surface area (Å²) in [6, 6.07) is 9.43. The third-order valence-electron chi connectivity index (χ3n) is 6.31. The van der Waals surface area contributed by atoms with Gasteiger partial charge in [0.05, 0.1) is 31.8 Å². The molecule has 1 aromatic carbocycles. The summed E-state index contributed by atoms with van der Waals surface area (Å²) in [4.78, 5) is 26.7. The van der Waals surface area contributed by atoms with Crippen molar-refractivity contribution in [1.82, 2.24) is 5.32 Å². The van der Waals surface area contributed by atoms with Gasteiger partial charge in [0, 0.05) is 23.4 Å². The third-order valence-corrected chi connectivity index (χ3v) is 6.31. The first-order valence-electron chi connectivity index (χ1n) is 11.5. The van der Waals surface area contributed by atoms with E-state index >= 15 is 0 Å². The minimum atomic E-state index is -0.602. The summed E-state index contributed by atoms with van der Waals surface area (Å²) in [7, 11) is 3.19. The maximum absolute atomic E-state index is 13.6. The second-order valence-electron chi connectivity index (χ2n) is 9.03. The van der Waals surface area contributed by atoms with Crippen molar-refractivity contribution in [3.8, 4) is 11.5 Å². The van der Waals surface area contributed by atoms with Crippen LogP contribution in [0.25, 0.3) is 0 Å². The fraction of sp³-hybridized carbons (Fsp3) is 0.407. The Balaban J connectivity index is 1.75. The third kappa shape index (κ3) is 4.34. The van der Waals surface area contributed by atoms with Crippen molar-refractivity contribution in [1.29, 1.82) is 0 Å². The predicted molar refractivity (Wildman–Crippen MR) is 127 cm³/mol. The molecule has 0 spiro atoms. The Morgan fingerprint density at radius 2 is 1.79 bits per heavy atom. The number of furan rings is 1. The number of Topliss-reactive ketones (excluding diaryl/α,β-unsaturated/α-hetero) is 1. The van der Waals surface area contributed by atoms with E-state index in [4.69, 9.17) is 18.6 Å². The number of ether oxygens (including phenoxy) is 3. The van der Waals surface area contributed by atoms with E-state index in [1.165, 1.54) is 0 Å². The van der Waals surface area contributed by atoms with Crippen LogP contribution in [-0.2, 0) is 14.3 Å². The molecule has 7 heteroatoms. The fourth-order valence-corrected chi connectivity index (χ4v) is 4.82. The first kappa shape index (κ1) is 23.7. The van der Waals surface area contributed by atoms with Gasteiger partial charge < -0.3 is 23.9 Å². The van der Waals surface area contributed by atoms with Crippen LogP contribution in [0.15, 0.2) is 57.3 Å². The highest BCUT2D eigenvalue weighted by Gasteiger charge is 2.43. The average Bonchev–Trinajstić information content (AvgIpc) is 3.22. The number of carbonyl (C=O) groups excluding carboxylic acids is 2. The molecule has 1 aliphatic carbocycles. The average molecular weight is 466 g/mol. The maximum atomic E-state index is 13.6. The summed E-state index contributed by atoms with van der Waals surface area (Å²) in [5.41, 5.74) is 3.47. The van der Waals surface area contributed by atoms with Gasteiger partial charge in [-0.1, -0.05) is 6.07 Å². The van der Waals surface area contributed by atoms with Gasteiger partial charge in [0.25, 0.3) is 0 Å². The number of carbonyl (C=O) groups is 2. The zero-order valence-electron chi connectivity index (χ0n) is 20.5. The van der Waals surface area contributed by atoms with Gasteiger partial charge in [-0.15, -0.1) is 0 Å². The van der Waals surface area contributed by atoms with E-state index in [0.717, 1.165) is 17.0 Å². The predicted octanol–water partition coefficient (Wildman–Crippen LogP) is 4.92. The molecule has 2 aliphatic rings. The Labute approximate surface area is 199 Å². The van der Waals surface area contributed by atoms with Crippen molar-refractivity contribution in [2.24, 2.45) is 0 Å². The summed E-state index contributed by atoms with van der Waals surface area (Å²) < 4.78 is 22.3. The van der Waals surface area contributed by atoms with Gasteiger partial charge in [-0.05, 0) is 69.9 Å². The lowest BCUT2D eigenvalue weighted by atomic mass is 9.73. The number of methoxy groups -OCH3 is 2. The molecule has 0 saturated heterocycles. The van der Waals surface area contributed by atoms with Gasteiger partial charge in [-0.25, -0.2) is 4.79 Å². The van der Waals surface area contributed by atoms with E-state index in [-0.39, 0.29) is 17.8 Å². The molecule has 34 heavy (non-hydrogen) atoms. The maximum Gasteiger partial charge on any atom is 0.337 e. The minimum absolute atomic E-state index is 0.0186. The Hall–Kier alpha value is -3.48. The molecule has 0 fully saturated rings. The molecule has 1 N–H and O–H groups in total. The van der Waals surface area contributed by atoms with Gasteiger partial charge in [-0.2, -0.15) is 0 Å². The molecular formula is C27H31NO6. The van der Waals surface area contributed by atoms with E-state index in [1.807, 2.05) is 44.2 Å². The van der Waals surface area contributed by atoms with Crippen LogP contribution in [-0.4, -0.2) is 32.1 Å². The summed E-state index contributed by atoms with van der Waals surface area (Å²) >= 11 is 0. The zero-order chi connectivity index (χ0) is 24.6. The minimum Gasteiger partial charge on any atom is -0.493 e. The molecule has 0 bridgehead atoms. The Morgan fingerprint density at radius 1 is 1.06 bits per heavy atom. The molecular weight excluding hydrogens is 434 g/mol. The highest BCUT2D eigenvalue weighted by atomic mass is 16.5. The van der Waals surface area contributed by atoms with Crippen LogP contribution in [0.5, 0.6) is 11.5 Å². The smallest absolute Gasteiger partial charge is 0.337 e. The Bertz CT molecular complexity index is 1190. The molecule has 2 heterocycles. The molecule has 7 nitrogen and oxygen atoms in total. The van der Waals surface area contributed by atoms with Crippen LogP contribution >= 0.6 is 0 Å². The Kier molecular flexibility index (Phi) is 6.55. The largest absolute Gasteiger partial charge is 0.493 e. The molecule has 4 rings (SSSR count). The first-order chi connectivity index (χ1) is 16.2. The van der Waals surface area contributed by atoms with Crippen LogP contribution in [0, 0.1) is 6.92 Å². The molecule has 1 aromatic heterocycles. The summed E-state index contributed by atoms with van der Waals surface area (Å²) in [5, 5.41) is 3.35. The van der Waals surface area contributed by atoms with Crippen LogP contribution in [0.3, 0.4) is 0 Å². The monoisotopic (exact) mass is 465 g/mol. The van der Waals surface area contributed by atoms with Crippen molar-refractivity contribution < 1.29 is 28.2 Å². The molecule has 0 unspecified atom stereocenters. The molecule has 0 saturated carbocycles. The standard InChI is InChI=1S/C27H31NO6/c1-14(2)33-27(30)24-16(4)28-19-11-18(17-8-10-21(31-5)23(13-17)32-6)12-20(29)25(19)26(24)22-9-7-15(3)34-22/h7-10,13-14,18,26,28H,11-12H2,1-6H3/t18-,26-/m0/s1. The van der Waals surface area contributed by atoms with E-state index in [1.54, 1.807) is 28.1 Å². The van der Waals surface area contributed by atoms with Gasteiger partial charge >= 0.3 is 5.97 Å². The van der Waals surface area contributed by atoms with Gasteiger partial charge in [0.15, 0.2) is 17.3 Å². The number of aryl methyl sites for hydroxylation is 1. The quantitative estimate of drug-likeness (QED) is 0.606.